The summed E-state index contributed by atoms with van der Waals surface area (Å²) in [5.74, 6) is 3.16. The van der Waals surface area contributed by atoms with Crippen LogP contribution in [0.5, 0.6) is 0 Å². The van der Waals surface area contributed by atoms with Gasteiger partial charge in [0.15, 0.2) is 0 Å². The van der Waals surface area contributed by atoms with Gasteiger partial charge in [0.25, 0.3) is 0 Å². The maximum absolute atomic E-state index is 8.99. The van der Waals surface area contributed by atoms with Gasteiger partial charge in [-0.1, -0.05) is 25.5 Å². The zero-order chi connectivity index (χ0) is 11.6. The van der Waals surface area contributed by atoms with E-state index in [0.29, 0.717) is 10.8 Å². The molecule has 0 aliphatic heterocycles. The minimum absolute atomic E-state index is 0.225. The highest BCUT2D eigenvalue weighted by molar-refractivity contribution is 5.29. The predicted molar refractivity (Wildman–Crippen MR) is 66.0 cm³/mol. The van der Waals surface area contributed by atoms with Crippen molar-refractivity contribution >= 4 is 0 Å². The molecule has 4 rings (SSSR count). The number of hydrogen-bond donors (Lipinski definition) is 1. The van der Waals surface area contributed by atoms with E-state index in [1.807, 2.05) is 6.92 Å². The lowest BCUT2D eigenvalue weighted by Gasteiger charge is -2.34. The van der Waals surface area contributed by atoms with Crippen LogP contribution in [0.3, 0.4) is 0 Å². The predicted octanol–water partition coefficient (Wildman–Crippen LogP) is 3.39. The van der Waals surface area contributed by atoms with E-state index in [0.717, 1.165) is 29.7 Å². The molecule has 0 aromatic rings. The molecule has 90 valence electrons. The fraction of sp³-hybridized carbons (Fsp3) is 0.867. The Kier molecular flexibility index (Phi) is 2.12. The summed E-state index contributed by atoms with van der Waals surface area (Å²) in [5.41, 5.74) is 2.43. The molecule has 16 heavy (non-hydrogen) atoms. The van der Waals surface area contributed by atoms with Crippen LogP contribution >= 0.6 is 0 Å². The second-order valence-electron chi connectivity index (χ2n) is 6.83. The lowest BCUT2D eigenvalue weighted by molar-refractivity contribution is 0.154. The average molecular weight is 220 g/mol. The van der Waals surface area contributed by atoms with Crippen LogP contribution in [-0.2, 0) is 0 Å². The van der Waals surface area contributed by atoms with Gasteiger partial charge >= 0.3 is 0 Å². The van der Waals surface area contributed by atoms with E-state index in [9.17, 15) is 0 Å². The molecule has 4 aliphatic rings. The molecule has 4 bridgehead atoms. The van der Waals surface area contributed by atoms with Crippen molar-refractivity contribution in [3.8, 4) is 0 Å². The molecule has 0 aromatic heterocycles. The molecule has 4 fully saturated rings. The number of aliphatic hydroxyl groups excluding tert-OH is 1. The highest BCUT2D eigenvalue weighted by Gasteiger charge is 2.80. The van der Waals surface area contributed by atoms with E-state index < -0.39 is 0 Å². The van der Waals surface area contributed by atoms with Crippen LogP contribution in [0.4, 0.5) is 0 Å². The first-order chi connectivity index (χ1) is 7.54. The quantitative estimate of drug-likeness (QED) is 0.720. The van der Waals surface area contributed by atoms with Crippen molar-refractivity contribution in [2.45, 2.75) is 46.5 Å². The Morgan fingerprint density at radius 1 is 1.31 bits per heavy atom. The van der Waals surface area contributed by atoms with E-state index in [2.05, 4.69) is 19.9 Å². The maximum atomic E-state index is 8.99. The summed E-state index contributed by atoms with van der Waals surface area (Å²) in [7, 11) is 0. The van der Waals surface area contributed by atoms with Gasteiger partial charge in [-0.25, -0.2) is 0 Å². The van der Waals surface area contributed by atoms with Gasteiger partial charge < -0.3 is 5.11 Å². The Morgan fingerprint density at radius 2 is 1.94 bits per heavy atom. The summed E-state index contributed by atoms with van der Waals surface area (Å²) >= 11 is 0. The molecule has 5 atom stereocenters. The average Bonchev–Trinajstić information content (AvgIpc) is 2.62. The monoisotopic (exact) mass is 220 g/mol. The molecule has 0 aromatic carbocycles. The van der Waals surface area contributed by atoms with Gasteiger partial charge in [-0.15, -0.1) is 0 Å². The van der Waals surface area contributed by atoms with Crippen LogP contribution in [-0.4, -0.2) is 11.7 Å². The Hall–Kier alpha value is -0.300. The Labute approximate surface area is 98.9 Å². The van der Waals surface area contributed by atoms with Crippen LogP contribution < -0.4 is 0 Å². The molecule has 1 N–H and O–H groups in total. The fourth-order valence-corrected chi connectivity index (χ4v) is 5.19. The van der Waals surface area contributed by atoms with Crippen molar-refractivity contribution in [3.63, 3.8) is 0 Å². The summed E-state index contributed by atoms with van der Waals surface area (Å²) in [4.78, 5) is 0. The molecular formula is C15H24O. The number of aliphatic hydroxyl groups is 1. The van der Waals surface area contributed by atoms with E-state index in [1.165, 1.54) is 19.3 Å². The van der Waals surface area contributed by atoms with Crippen LogP contribution in [0.2, 0.25) is 0 Å². The van der Waals surface area contributed by atoms with Crippen LogP contribution in [0.1, 0.15) is 46.5 Å². The first-order valence-electron chi connectivity index (χ1n) is 6.80. The molecule has 0 heterocycles. The van der Waals surface area contributed by atoms with Crippen molar-refractivity contribution in [1.82, 2.24) is 0 Å². The van der Waals surface area contributed by atoms with Gasteiger partial charge in [-0.05, 0) is 61.2 Å². The third-order valence-electron chi connectivity index (χ3n) is 6.53. The molecule has 1 nitrogen and oxygen atoms in total. The maximum Gasteiger partial charge on any atom is 0.0639 e. The number of rotatable bonds is 4. The topological polar surface area (TPSA) is 20.2 Å². The second kappa shape index (κ2) is 3.13. The molecule has 0 radical (unpaired) electrons. The standard InChI is InChI=1S/C15H24O/c1-10(9-16)5-4-6-14(2)11-7-12-13(8-11)15(12,14)3/h5,11-13,16H,4,6-9H2,1-3H3/t11?,12-,13+,14?,15?. The van der Waals surface area contributed by atoms with E-state index in [-0.39, 0.29) is 6.61 Å². The molecule has 4 aliphatic carbocycles. The SMILES string of the molecule is CC(=CCCC1(C)C2C[C@@H]3[C@H](C2)C31C)CO. The summed E-state index contributed by atoms with van der Waals surface area (Å²) in [6, 6.07) is 0. The third-order valence-corrected chi connectivity index (χ3v) is 6.53. The van der Waals surface area contributed by atoms with E-state index in [4.69, 9.17) is 5.11 Å². The van der Waals surface area contributed by atoms with E-state index >= 15 is 0 Å². The van der Waals surface area contributed by atoms with Gasteiger partial charge in [-0.2, -0.15) is 0 Å². The van der Waals surface area contributed by atoms with Crippen molar-refractivity contribution in [2.75, 3.05) is 6.61 Å². The van der Waals surface area contributed by atoms with Gasteiger partial charge in [0.1, 0.15) is 0 Å². The molecule has 0 amide bonds. The van der Waals surface area contributed by atoms with Crippen molar-refractivity contribution in [2.24, 2.45) is 28.6 Å². The number of hydrogen-bond acceptors (Lipinski definition) is 1. The smallest absolute Gasteiger partial charge is 0.0639 e. The molecule has 4 saturated carbocycles. The van der Waals surface area contributed by atoms with Crippen molar-refractivity contribution in [3.05, 3.63) is 11.6 Å². The molecule has 1 heteroatoms. The lowest BCUT2D eigenvalue weighted by Crippen LogP contribution is -2.26. The van der Waals surface area contributed by atoms with Gasteiger partial charge in [0.2, 0.25) is 0 Å². The molecule has 0 saturated heterocycles. The van der Waals surface area contributed by atoms with Crippen molar-refractivity contribution < 1.29 is 5.11 Å². The van der Waals surface area contributed by atoms with Gasteiger partial charge in [-0.3, -0.25) is 0 Å². The fourth-order valence-electron chi connectivity index (χ4n) is 5.19. The second-order valence-corrected chi connectivity index (χ2v) is 6.83. The molecule has 3 unspecified atom stereocenters. The molecular weight excluding hydrogens is 196 g/mol. The van der Waals surface area contributed by atoms with Gasteiger partial charge in [0.05, 0.1) is 6.61 Å². The van der Waals surface area contributed by atoms with E-state index in [1.54, 1.807) is 0 Å². The summed E-state index contributed by atoms with van der Waals surface area (Å²) in [6.45, 7) is 7.33. The Bertz CT molecular complexity index is 331. The zero-order valence-electron chi connectivity index (χ0n) is 10.8. The Morgan fingerprint density at radius 3 is 2.38 bits per heavy atom. The Balaban J connectivity index is 1.68. The first-order valence-corrected chi connectivity index (χ1v) is 6.80. The highest BCUT2D eigenvalue weighted by Crippen LogP contribution is 2.87. The highest BCUT2D eigenvalue weighted by atomic mass is 16.3. The minimum Gasteiger partial charge on any atom is -0.392 e. The van der Waals surface area contributed by atoms with Crippen LogP contribution in [0.15, 0.2) is 11.6 Å². The zero-order valence-corrected chi connectivity index (χ0v) is 10.8. The first kappa shape index (κ1) is 10.8. The minimum atomic E-state index is 0.225. The normalized spacial score (nSPS) is 53.5. The van der Waals surface area contributed by atoms with Crippen LogP contribution in [0, 0.1) is 28.6 Å². The number of allylic oxidation sites excluding steroid dienone is 1. The summed E-state index contributed by atoms with van der Waals surface area (Å²) in [6.07, 6.45) is 7.76. The third kappa shape index (κ3) is 1.06. The summed E-state index contributed by atoms with van der Waals surface area (Å²) < 4.78 is 0. The lowest BCUT2D eigenvalue weighted by atomic mass is 9.71. The largest absolute Gasteiger partial charge is 0.392 e. The van der Waals surface area contributed by atoms with Crippen molar-refractivity contribution in [1.29, 1.82) is 0 Å². The van der Waals surface area contributed by atoms with Gasteiger partial charge in [0, 0.05) is 0 Å². The molecule has 0 spiro atoms. The van der Waals surface area contributed by atoms with Crippen LogP contribution in [0.25, 0.3) is 0 Å². The summed E-state index contributed by atoms with van der Waals surface area (Å²) in [5, 5.41) is 8.99.